The van der Waals surface area contributed by atoms with Crippen LogP contribution in [0.2, 0.25) is 0 Å². The number of hydrogen-bond donors (Lipinski definition) is 3. The van der Waals surface area contributed by atoms with Crippen molar-refractivity contribution >= 4 is 40.2 Å². The van der Waals surface area contributed by atoms with Gasteiger partial charge in [-0.05, 0) is 48.6 Å². The minimum absolute atomic E-state index is 0.0362. The van der Waals surface area contributed by atoms with Gasteiger partial charge in [-0.15, -0.1) is 0 Å². The van der Waals surface area contributed by atoms with Crippen molar-refractivity contribution in [1.29, 1.82) is 0 Å². The number of carbonyl (C=O) groups excluding carboxylic acids is 4. The zero-order chi connectivity index (χ0) is 26.2. The van der Waals surface area contributed by atoms with Crippen LogP contribution in [0.15, 0.2) is 54.6 Å². The smallest absolute Gasteiger partial charge is 0.306 e. The van der Waals surface area contributed by atoms with E-state index in [1.54, 1.807) is 23.1 Å². The van der Waals surface area contributed by atoms with E-state index in [1.807, 2.05) is 36.4 Å². The molecule has 0 aromatic heterocycles. The first-order valence-electron chi connectivity index (χ1n) is 12.8. The Morgan fingerprint density at radius 3 is 2.73 bits per heavy atom. The van der Waals surface area contributed by atoms with Gasteiger partial charge in [-0.3, -0.25) is 19.2 Å². The third kappa shape index (κ3) is 6.95. The Kier molecular flexibility index (Phi) is 8.90. The second-order valence-corrected chi connectivity index (χ2v) is 9.51. The quantitative estimate of drug-likeness (QED) is 0.422. The molecule has 37 heavy (non-hydrogen) atoms. The molecule has 0 saturated carbocycles. The summed E-state index contributed by atoms with van der Waals surface area (Å²) in [5.74, 6) is -2.34. The van der Waals surface area contributed by atoms with Crippen molar-refractivity contribution in [3.8, 4) is 0 Å². The minimum atomic E-state index is -1.12. The number of esters is 1. The van der Waals surface area contributed by atoms with Crippen molar-refractivity contribution < 1.29 is 29.0 Å². The second-order valence-electron chi connectivity index (χ2n) is 9.51. The molecule has 0 radical (unpaired) electrons. The van der Waals surface area contributed by atoms with Gasteiger partial charge in [0.2, 0.25) is 11.8 Å². The molecule has 2 aromatic carbocycles. The number of fused-ring (bicyclic) bond motifs is 1. The van der Waals surface area contributed by atoms with Gasteiger partial charge in [0.05, 0.1) is 18.6 Å². The van der Waals surface area contributed by atoms with Crippen LogP contribution in [0.25, 0.3) is 10.8 Å². The van der Waals surface area contributed by atoms with E-state index >= 15 is 0 Å². The number of allylic oxidation sites excluding steroid dienone is 2. The van der Waals surface area contributed by atoms with Gasteiger partial charge in [0, 0.05) is 25.1 Å². The Balaban J connectivity index is 1.49. The van der Waals surface area contributed by atoms with E-state index in [-0.39, 0.29) is 38.0 Å². The summed E-state index contributed by atoms with van der Waals surface area (Å²) >= 11 is 0. The molecular weight excluding hydrogens is 474 g/mol. The van der Waals surface area contributed by atoms with Crippen LogP contribution in [0.5, 0.6) is 0 Å². The van der Waals surface area contributed by atoms with E-state index < -0.39 is 29.7 Å². The molecule has 0 aliphatic carbocycles. The lowest BCUT2D eigenvalue weighted by atomic mass is 9.97. The Morgan fingerprint density at radius 2 is 1.92 bits per heavy atom. The van der Waals surface area contributed by atoms with Gasteiger partial charge < -0.3 is 25.4 Å². The number of aliphatic hydroxyl groups is 1. The van der Waals surface area contributed by atoms with E-state index in [4.69, 9.17) is 4.74 Å². The van der Waals surface area contributed by atoms with E-state index in [0.717, 1.165) is 23.6 Å². The van der Waals surface area contributed by atoms with Crippen LogP contribution in [0, 0.1) is 5.92 Å². The molecule has 2 aliphatic heterocycles. The summed E-state index contributed by atoms with van der Waals surface area (Å²) in [5.41, 5.74) is 0.550. The first-order valence-corrected chi connectivity index (χ1v) is 12.8. The number of carbonyl (C=O) groups is 4. The molecule has 1 saturated heterocycles. The summed E-state index contributed by atoms with van der Waals surface area (Å²) in [6.45, 7) is 0.138. The van der Waals surface area contributed by atoms with Crippen LogP contribution in [0.1, 0.15) is 38.5 Å². The minimum Gasteiger partial charge on any atom is -0.463 e. The van der Waals surface area contributed by atoms with E-state index in [0.29, 0.717) is 25.1 Å². The molecule has 2 aliphatic rings. The van der Waals surface area contributed by atoms with Crippen LogP contribution in [0.3, 0.4) is 0 Å². The molecule has 2 heterocycles. The summed E-state index contributed by atoms with van der Waals surface area (Å²) in [7, 11) is 0. The topological polar surface area (TPSA) is 125 Å². The molecule has 2 aromatic rings. The van der Waals surface area contributed by atoms with Crippen molar-refractivity contribution in [1.82, 2.24) is 10.2 Å². The van der Waals surface area contributed by atoms with Crippen molar-refractivity contribution in [3.05, 3.63) is 54.6 Å². The number of likely N-dealkylation sites (tertiary alicyclic amines) is 1. The molecule has 9 heteroatoms. The SMILES string of the molecule is O=C1CCC=CC[C@H](CC(=O)N2CCC[C@H]2CO)C(=O)N[C@H](C(=O)Nc2ccc3ccccc3c2)CO1. The highest BCUT2D eigenvalue weighted by Crippen LogP contribution is 2.22. The number of rotatable bonds is 5. The Bertz CT molecular complexity index is 1180. The number of hydrogen-bond acceptors (Lipinski definition) is 6. The van der Waals surface area contributed by atoms with Crippen molar-refractivity contribution in [2.24, 2.45) is 5.92 Å². The molecule has 196 valence electrons. The van der Waals surface area contributed by atoms with Crippen LogP contribution >= 0.6 is 0 Å². The zero-order valence-electron chi connectivity index (χ0n) is 20.7. The molecule has 4 rings (SSSR count). The van der Waals surface area contributed by atoms with Gasteiger partial charge in [0.1, 0.15) is 12.6 Å². The van der Waals surface area contributed by atoms with Crippen molar-refractivity contribution in [2.45, 2.75) is 50.6 Å². The number of cyclic esters (lactones) is 1. The van der Waals surface area contributed by atoms with E-state index in [9.17, 15) is 24.3 Å². The fraction of sp³-hybridized carbons (Fsp3) is 0.429. The van der Waals surface area contributed by atoms with E-state index in [1.165, 1.54) is 0 Å². The third-order valence-corrected chi connectivity index (χ3v) is 6.86. The Labute approximate surface area is 215 Å². The number of amides is 3. The largest absolute Gasteiger partial charge is 0.463 e. The van der Waals surface area contributed by atoms with Gasteiger partial charge in [0.15, 0.2) is 0 Å². The monoisotopic (exact) mass is 507 g/mol. The van der Waals surface area contributed by atoms with Crippen LogP contribution in [0.4, 0.5) is 5.69 Å². The maximum atomic E-state index is 13.3. The molecule has 9 nitrogen and oxygen atoms in total. The van der Waals surface area contributed by atoms with Crippen molar-refractivity contribution in [2.75, 3.05) is 25.1 Å². The van der Waals surface area contributed by atoms with Crippen molar-refractivity contribution in [3.63, 3.8) is 0 Å². The van der Waals surface area contributed by atoms with Gasteiger partial charge in [-0.1, -0.05) is 42.5 Å². The lowest BCUT2D eigenvalue weighted by Crippen LogP contribution is -2.50. The predicted octanol–water partition coefficient (Wildman–Crippen LogP) is 2.54. The molecule has 0 bridgehead atoms. The van der Waals surface area contributed by atoms with Gasteiger partial charge in [-0.2, -0.15) is 0 Å². The average Bonchev–Trinajstić information content (AvgIpc) is 3.38. The summed E-state index contributed by atoms with van der Waals surface area (Å²) in [4.78, 5) is 53.1. The summed E-state index contributed by atoms with van der Waals surface area (Å²) < 4.78 is 5.28. The summed E-state index contributed by atoms with van der Waals surface area (Å²) in [6, 6.07) is 11.9. The van der Waals surface area contributed by atoms with Crippen LogP contribution in [-0.2, 0) is 23.9 Å². The third-order valence-electron chi connectivity index (χ3n) is 6.86. The highest BCUT2D eigenvalue weighted by molar-refractivity contribution is 5.99. The number of nitrogens with one attached hydrogen (secondary N) is 2. The number of anilines is 1. The first-order chi connectivity index (χ1) is 17.9. The maximum absolute atomic E-state index is 13.3. The Hall–Kier alpha value is -3.72. The normalized spacial score (nSPS) is 23.1. The average molecular weight is 508 g/mol. The molecule has 0 unspecified atom stereocenters. The molecule has 1 fully saturated rings. The van der Waals surface area contributed by atoms with Gasteiger partial charge in [0.25, 0.3) is 5.91 Å². The summed E-state index contributed by atoms with van der Waals surface area (Å²) in [5, 5.41) is 17.1. The lowest BCUT2D eigenvalue weighted by molar-refractivity contribution is -0.146. The highest BCUT2D eigenvalue weighted by Gasteiger charge is 2.33. The number of ether oxygens (including phenoxy) is 1. The molecule has 3 amide bonds. The fourth-order valence-corrected chi connectivity index (χ4v) is 4.76. The lowest BCUT2D eigenvalue weighted by Gasteiger charge is -2.26. The first kappa shape index (κ1) is 26.3. The van der Waals surface area contributed by atoms with E-state index in [2.05, 4.69) is 10.6 Å². The number of benzene rings is 2. The fourth-order valence-electron chi connectivity index (χ4n) is 4.76. The molecule has 3 atom stereocenters. The van der Waals surface area contributed by atoms with Crippen LogP contribution in [-0.4, -0.2) is 65.5 Å². The maximum Gasteiger partial charge on any atom is 0.306 e. The highest BCUT2D eigenvalue weighted by atomic mass is 16.5. The number of aliphatic hydroxyl groups excluding tert-OH is 1. The van der Waals surface area contributed by atoms with Gasteiger partial charge in [-0.25, -0.2) is 0 Å². The Morgan fingerprint density at radius 1 is 1.11 bits per heavy atom. The predicted molar refractivity (Wildman–Crippen MR) is 138 cm³/mol. The van der Waals surface area contributed by atoms with Gasteiger partial charge >= 0.3 is 5.97 Å². The molecule has 0 spiro atoms. The van der Waals surface area contributed by atoms with Crippen LogP contribution < -0.4 is 10.6 Å². The zero-order valence-corrected chi connectivity index (χ0v) is 20.7. The number of nitrogens with zero attached hydrogens (tertiary/aromatic N) is 1. The molecule has 3 N–H and O–H groups in total. The molecular formula is C28H33N3O6. The summed E-state index contributed by atoms with van der Waals surface area (Å²) in [6.07, 6.45) is 5.98. The standard InChI is InChI=1S/C28H33N3O6/c32-17-23-10-6-14-31(23)25(33)16-21-9-2-1-3-11-26(34)37-18-24(30-27(21)35)28(36)29-22-13-12-19-7-4-5-8-20(19)15-22/h1-2,4-5,7-8,12-13,15,21,23-24,32H,3,6,9-11,14,16-18H2,(H,29,36)(H,30,35)/t21-,23+,24+/m1/s1. The second kappa shape index (κ2) is 12.5.